The third kappa shape index (κ3) is 4.08. The normalized spacial score (nSPS) is 17.5. The van der Waals surface area contributed by atoms with Crippen LogP contribution in [0.4, 0.5) is 0 Å². The van der Waals surface area contributed by atoms with Crippen molar-refractivity contribution in [3.8, 4) is 0 Å². The van der Waals surface area contributed by atoms with Crippen molar-refractivity contribution < 1.29 is 9.90 Å². The number of hydrogen-bond donors (Lipinski definition) is 1. The number of aromatic nitrogens is 1. The largest absolute Gasteiger partial charge is 0.477 e. The topological polar surface area (TPSA) is 48.7 Å². The molecule has 0 radical (unpaired) electrons. The highest BCUT2D eigenvalue weighted by Gasteiger charge is 2.23. The molecule has 1 aliphatic rings. The molecule has 0 atom stereocenters. The fraction of sp³-hybridized carbons (Fsp3) is 0.688. The maximum atomic E-state index is 11.2. The number of likely N-dealkylation sites (N-methyl/N-ethyl adjacent to an activating group) is 1. The molecule has 0 unspecified atom stereocenters. The highest BCUT2D eigenvalue weighted by molar-refractivity contribution is 5.85. The quantitative estimate of drug-likeness (QED) is 0.837. The van der Waals surface area contributed by atoms with Crippen molar-refractivity contribution in [2.75, 3.05) is 39.3 Å². The van der Waals surface area contributed by atoms with Crippen LogP contribution in [0, 0.1) is 0 Å². The molecule has 0 saturated carbocycles. The SMILES string of the molecule is CCN(CC)CCN1CCC(n2cccc2C(=O)O)CC1. The maximum Gasteiger partial charge on any atom is 0.352 e. The first kappa shape index (κ1) is 16.0. The second kappa shape index (κ2) is 7.61. The number of hydrogen-bond acceptors (Lipinski definition) is 3. The van der Waals surface area contributed by atoms with Gasteiger partial charge < -0.3 is 19.5 Å². The van der Waals surface area contributed by atoms with Gasteiger partial charge in [-0.1, -0.05) is 13.8 Å². The Bertz CT molecular complexity index is 446. The van der Waals surface area contributed by atoms with Crippen LogP contribution in [0.25, 0.3) is 0 Å². The number of carboxylic acid groups (broad SMARTS) is 1. The summed E-state index contributed by atoms with van der Waals surface area (Å²) in [7, 11) is 0. The number of carboxylic acids is 1. The Morgan fingerprint density at radius 1 is 1.33 bits per heavy atom. The molecule has 1 aromatic heterocycles. The summed E-state index contributed by atoms with van der Waals surface area (Å²) < 4.78 is 1.93. The summed E-state index contributed by atoms with van der Waals surface area (Å²) in [6.07, 6.45) is 3.97. The molecule has 0 bridgehead atoms. The number of piperidine rings is 1. The summed E-state index contributed by atoms with van der Waals surface area (Å²) in [5, 5.41) is 9.20. The zero-order valence-electron chi connectivity index (χ0n) is 13.2. The van der Waals surface area contributed by atoms with E-state index in [4.69, 9.17) is 0 Å². The van der Waals surface area contributed by atoms with Gasteiger partial charge in [-0.2, -0.15) is 0 Å². The molecule has 1 N–H and O–H groups in total. The van der Waals surface area contributed by atoms with Gasteiger partial charge in [0, 0.05) is 38.4 Å². The molecule has 5 nitrogen and oxygen atoms in total. The highest BCUT2D eigenvalue weighted by atomic mass is 16.4. The average molecular weight is 293 g/mol. The molecule has 0 aliphatic carbocycles. The van der Waals surface area contributed by atoms with Crippen LogP contribution in [0.3, 0.4) is 0 Å². The van der Waals surface area contributed by atoms with Crippen LogP contribution in [-0.4, -0.2) is 64.7 Å². The number of rotatable bonds is 7. The summed E-state index contributed by atoms with van der Waals surface area (Å²) in [6, 6.07) is 3.85. The van der Waals surface area contributed by atoms with Crippen LogP contribution in [0.1, 0.15) is 43.2 Å². The molecule has 0 aromatic carbocycles. The second-order valence-electron chi connectivity index (χ2n) is 5.71. The van der Waals surface area contributed by atoms with Crippen molar-refractivity contribution in [3.63, 3.8) is 0 Å². The summed E-state index contributed by atoms with van der Waals surface area (Å²) in [6.45, 7) is 11.0. The summed E-state index contributed by atoms with van der Waals surface area (Å²) >= 11 is 0. The smallest absolute Gasteiger partial charge is 0.352 e. The lowest BCUT2D eigenvalue weighted by molar-refractivity contribution is 0.0678. The van der Waals surface area contributed by atoms with E-state index in [1.807, 2.05) is 16.8 Å². The van der Waals surface area contributed by atoms with E-state index in [0.717, 1.165) is 52.1 Å². The van der Waals surface area contributed by atoms with Crippen LogP contribution < -0.4 is 0 Å². The van der Waals surface area contributed by atoms with E-state index in [-0.39, 0.29) is 0 Å². The Hall–Kier alpha value is -1.33. The minimum absolute atomic E-state index is 0.329. The van der Waals surface area contributed by atoms with E-state index in [1.54, 1.807) is 6.07 Å². The fourth-order valence-electron chi connectivity index (χ4n) is 3.14. The van der Waals surface area contributed by atoms with Gasteiger partial charge in [-0.25, -0.2) is 4.79 Å². The highest BCUT2D eigenvalue weighted by Crippen LogP contribution is 2.24. The predicted molar refractivity (Wildman–Crippen MR) is 83.9 cm³/mol. The van der Waals surface area contributed by atoms with Crippen LogP contribution >= 0.6 is 0 Å². The number of nitrogens with zero attached hydrogens (tertiary/aromatic N) is 3. The summed E-state index contributed by atoms with van der Waals surface area (Å²) in [4.78, 5) is 16.1. The predicted octanol–water partition coefficient (Wildman–Crippen LogP) is 2.17. The van der Waals surface area contributed by atoms with E-state index in [9.17, 15) is 9.90 Å². The van der Waals surface area contributed by atoms with Crippen LogP contribution in [0.5, 0.6) is 0 Å². The van der Waals surface area contributed by atoms with Gasteiger partial charge in [0.1, 0.15) is 5.69 Å². The van der Waals surface area contributed by atoms with Crippen molar-refractivity contribution in [2.45, 2.75) is 32.7 Å². The van der Waals surface area contributed by atoms with Crippen LogP contribution in [0.15, 0.2) is 18.3 Å². The molecule has 21 heavy (non-hydrogen) atoms. The minimum Gasteiger partial charge on any atom is -0.477 e. The lowest BCUT2D eigenvalue weighted by Crippen LogP contribution is -2.40. The summed E-state index contributed by atoms with van der Waals surface area (Å²) in [5.41, 5.74) is 0.414. The van der Waals surface area contributed by atoms with Gasteiger partial charge in [-0.3, -0.25) is 0 Å². The molecule has 118 valence electrons. The summed E-state index contributed by atoms with van der Waals surface area (Å²) in [5.74, 6) is -0.830. The first-order valence-electron chi connectivity index (χ1n) is 8.00. The minimum atomic E-state index is -0.830. The number of carbonyl (C=O) groups is 1. The molecule has 2 heterocycles. The molecular weight excluding hydrogens is 266 g/mol. The Kier molecular flexibility index (Phi) is 5.82. The Morgan fingerprint density at radius 2 is 2.00 bits per heavy atom. The van der Waals surface area contributed by atoms with Crippen molar-refractivity contribution in [1.29, 1.82) is 0 Å². The van der Waals surface area contributed by atoms with Gasteiger partial charge in [0.05, 0.1) is 0 Å². The van der Waals surface area contributed by atoms with Crippen LogP contribution in [0.2, 0.25) is 0 Å². The van der Waals surface area contributed by atoms with Crippen molar-refractivity contribution in [2.24, 2.45) is 0 Å². The fourth-order valence-corrected chi connectivity index (χ4v) is 3.14. The van der Waals surface area contributed by atoms with Gasteiger partial charge >= 0.3 is 5.97 Å². The van der Waals surface area contributed by atoms with Gasteiger partial charge in [-0.15, -0.1) is 0 Å². The first-order chi connectivity index (χ1) is 10.2. The van der Waals surface area contributed by atoms with E-state index in [0.29, 0.717) is 11.7 Å². The first-order valence-corrected chi connectivity index (χ1v) is 8.00. The van der Waals surface area contributed by atoms with Crippen molar-refractivity contribution in [3.05, 3.63) is 24.0 Å². The molecular formula is C16H27N3O2. The second-order valence-corrected chi connectivity index (χ2v) is 5.71. The average Bonchev–Trinajstić information content (AvgIpc) is 2.98. The van der Waals surface area contributed by atoms with E-state index in [1.165, 1.54) is 0 Å². The lowest BCUT2D eigenvalue weighted by Gasteiger charge is -2.34. The molecule has 1 aromatic rings. The molecule has 0 amide bonds. The Morgan fingerprint density at radius 3 is 2.57 bits per heavy atom. The Labute approximate surface area is 127 Å². The van der Waals surface area contributed by atoms with Crippen molar-refractivity contribution >= 4 is 5.97 Å². The standard InChI is InChI=1S/C16H27N3O2/c1-3-17(4-2)12-13-18-10-7-14(8-11-18)19-9-5-6-15(19)16(20)21/h5-6,9,14H,3-4,7-8,10-13H2,1-2H3,(H,20,21). The molecule has 1 saturated heterocycles. The van der Waals surface area contributed by atoms with Gasteiger partial charge in [-0.05, 0) is 38.1 Å². The van der Waals surface area contributed by atoms with E-state index < -0.39 is 5.97 Å². The zero-order valence-corrected chi connectivity index (χ0v) is 13.2. The van der Waals surface area contributed by atoms with E-state index in [2.05, 4.69) is 23.6 Å². The maximum absolute atomic E-state index is 11.2. The number of likely N-dealkylation sites (tertiary alicyclic amines) is 1. The molecule has 1 aliphatic heterocycles. The van der Waals surface area contributed by atoms with E-state index >= 15 is 0 Å². The monoisotopic (exact) mass is 293 g/mol. The molecule has 0 spiro atoms. The molecule has 2 rings (SSSR count). The van der Waals surface area contributed by atoms with Gasteiger partial charge in [0.2, 0.25) is 0 Å². The third-order valence-electron chi connectivity index (χ3n) is 4.58. The van der Waals surface area contributed by atoms with Gasteiger partial charge in [0.15, 0.2) is 0 Å². The van der Waals surface area contributed by atoms with Gasteiger partial charge in [0.25, 0.3) is 0 Å². The molecule has 1 fully saturated rings. The third-order valence-corrected chi connectivity index (χ3v) is 4.58. The lowest BCUT2D eigenvalue weighted by atomic mass is 10.0. The van der Waals surface area contributed by atoms with Crippen molar-refractivity contribution in [1.82, 2.24) is 14.4 Å². The Balaban J connectivity index is 1.83. The number of aromatic carboxylic acids is 1. The van der Waals surface area contributed by atoms with Crippen LogP contribution in [-0.2, 0) is 0 Å². The molecule has 5 heteroatoms. The zero-order chi connectivity index (χ0) is 15.2.